The van der Waals surface area contributed by atoms with Gasteiger partial charge < -0.3 is 10.1 Å². The van der Waals surface area contributed by atoms with Gasteiger partial charge in [-0.3, -0.25) is 0 Å². The van der Waals surface area contributed by atoms with Crippen LogP contribution in [0, 0.1) is 12.8 Å². The SMILES string of the molecule is COCCNCC(c1ccc(C)cc1)C1CCC1. The number of nitrogens with one attached hydrogen (secondary N) is 1. The van der Waals surface area contributed by atoms with Gasteiger partial charge in [0.05, 0.1) is 6.61 Å². The molecule has 0 aromatic heterocycles. The lowest BCUT2D eigenvalue weighted by atomic mass is 9.73. The van der Waals surface area contributed by atoms with E-state index in [2.05, 4.69) is 36.5 Å². The molecule has 0 amide bonds. The van der Waals surface area contributed by atoms with E-state index in [1.807, 2.05) is 0 Å². The summed E-state index contributed by atoms with van der Waals surface area (Å²) >= 11 is 0. The first-order valence-electron chi connectivity index (χ1n) is 7.07. The number of methoxy groups -OCH3 is 1. The van der Waals surface area contributed by atoms with E-state index in [1.54, 1.807) is 7.11 Å². The van der Waals surface area contributed by atoms with Gasteiger partial charge in [-0.15, -0.1) is 0 Å². The second-order valence-corrected chi connectivity index (χ2v) is 5.41. The molecule has 1 unspecified atom stereocenters. The van der Waals surface area contributed by atoms with E-state index in [0.29, 0.717) is 5.92 Å². The summed E-state index contributed by atoms with van der Waals surface area (Å²) in [5.41, 5.74) is 2.84. The molecule has 18 heavy (non-hydrogen) atoms. The Morgan fingerprint density at radius 1 is 1.28 bits per heavy atom. The Balaban J connectivity index is 1.93. The second-order valence-electron chi connectivity index (χ2n) is 5.41. The van der Waals surface area contributed by atoms with Crippen molar-refractivity contribution in [2.24, 2.45) is 5.92 Å². The summed E-state index contributed by atoms with van der Waals surface area (Å²) in [5, 5.41) is 3.52. The molecule has 1 fully saturated rings. The van der Waals surface area contributed by atoms with Crippen molar-refractivity contribution in [3.8, 4) is 0 Å². The molecule has 1 aromatic rings. The summed E-state index contributed by atoms with van der Waals surface area (Å²) in [4.78, 5) is 0. The molecule has 1 aliphatic rings. The molecule has 1 aromatic carbocycles. The van der Waals surface area contributed by atoms with Crippen molar-refractivity contribution < 1.29 is 4.74 Å². The van der Waals surface area contributed by atoms with Gasteiger partial charge in [0.25, 0.3) is 0 Å². The third kappa shape index (κ3) is 3.56. The largest absolute Gasteiger partial charge is 0.383 e. The van der Waals surface area contributed by atoms with Crippen LogP contribution in [0.25, 0.3) is 0 Å². The van der Waals surface area contributed by atoms with E-state index in [1.165, 1.54) is 30.4 Å². The summed E-state index contributed by atoms with van der Waals surface area (Å²) < 4.78 is 5.08. The van der Waals surface area contributed by atoms with Crippen LogP contribution >= 0.6 is 0 Å². The third-order valence-electron chi connectivity index (χ3n) is 4.07. The van der Waals surface area contributed by atoms with Crippen LogP contribution in [0.4, 0.5) is 0 Å². The van der Waals surface area contributed by atoms with Crippen LogP contribution < -0.4 is 5.32 Å². The van der Waals surface area contributed by atoms with E-state index in [0.717, 1.165) is 25.6 Å². The maximum atomic E-state index is 5.08. The van der Waals surface area contributed by atoms with Crippen molar-refractivity contribution in [3.05, 3.63) is 35.4 Å². The fourth-order valence-corrected chi connectivity index (χ4v) is 2.64. The minimum atomic E-state index is 0.677. The highest BCUT2D eigenvalue weighted by Crippen LogP contribution is 2.38. The van der Waals surface area contributed by atoms with Crippen molar-refractivity contribution in [2.75, 3.05) is 26.8 Å². The van der Waals surface area contributed by atoms with Crippen LogP contribution in [0.1, 0.15) is 36.3 Å². The maximum Gasteiger partial charge on any atom is 0.0587 e. The summed E-state index contributed by atoms with van der Waals surface area (Å²) in [6.07, 6.45) is 4.19. The summed E-state index contributed by atoms with van der Waals surface area (Å²) in [6, 6.07) is 9.07. The molecule has 2 heteroatoms. The Bertz CT molecular complexity index is 343. The van der Waals surface area contributed by atoms with Crippen molar-refractivity contribution in [1.29, 1.82) is 0 Å². The monoisotopic (exact) mass is 247 g/mol. The predicted molar refractivity (Wildman–Crippen MR) is 76.0 cm³/mol. The zero-order valence-corrected chi connectivity index (χ0v) is 11.6. The molecule has 1 N–H and O–H groups in total. The topological polar surface area (TPSA) is 21.3 Å². The van der Waals surface area contributed by atoms with Crippen LogP contribution in [0.2, 0.25) is 0 Å². The Morgan fingerprint density at radius 2 is 2.00 bits per heavy atom. The molecule has 100 valence electrons. The van der Waals surface area contributed by atoms with Gasteiger partial charge in [0.15, 0.2) is 0 Å². The summed E-state index contributed by atoms with van der Waals surface area (Å²) in [7, 11) is 1.76. The Morgan fingerprint density at radius 3 is 2.56 bits per heavy atom. The standard InChI is InChI=1S/C16H25NO/c1-13-6-8-15(9-7-13)16(14-4-3-5-14)12-17-10-11-18-2/h6-9,14,16-17H,3-5,10-12H2,1-2H3. The number of rotatable bonds is 7. The maximum absolute atomic E-state index is 5.08. The highest BCUT2D eigenvalue weighted by molar-refractivity contribution is 5.25. The Kier molecular flexibility index (Phi) is 5.21. The van der Waals surface area contributed by atoms with Crippen molar-refractivity contribution in [1.82, 2.24) is 5.32 Å². The first-order valence-corrected chi connectivity index (χ1v) is 7.07. The molecule has 0 bridgehead atoms. The van der Waals surface area contributed by atoms with Crippen LogP contribution in [0.5, 0.6) is 0 Å². The van der Waals surface area contributed by atoms with Gasteiger partial charge >= 0.3 is 0 Å². The van der Waals surface area contributed by atoms with Crippen molar-refractivity contribution in [3.63, 3.8) is 0 Å². The average Bonchev–Trinajstić information content (AvgIpc) is 2.32. The fourth-order valence-electron chi connectivity index (χ4n) is 2.64. The van der Waals surface area contributed by atoms with Gasteiger partial charge in [0.2, 0.25) is 0 Å². The van der Waals surface area contributed by atoms with Gasteiger partial charge in [-0.2, -0.15) is 0 Å². The normalized spacial score (nSPS) is 17.4. The number of hydrogen-bond acceptors (Lipinski definition) is 2. The van der Waals surface area contributed by atoms with Crippen LogP contribution in [0.15, 0.2) is 24.3 Å². The van der Waals surface area contributed by atoms with Gasteiger partial charge in [-0.25, -0.2) is 0 Å². The molecule has 1 atom stereocenters. The van der Waals surface area contributed by atoms with Crippen LogP contribution in [-0.4, -0.2) is 26.8 Å². The Hall–Kier alpha value is -0.860. The molecular formula is C16H25NO. The van der Waals surface area contributed by atoms with Crippen LogP contribution in [-0.2, 0) is 4.74 Å². The summed E-state index contributed by atoms with van der Waals surface area (Å²) in [6.45, 7) is 4.98. The molecular weight excluding hydrogens is 222 g/mol. The van der Waals surface area contributed by atoms with E-state index in [9.17, 15) is 0 Å². The quantitative estimate of drug-likeness (QED) is 0.748. The molecule has 0 saturated heterocycles. The van der Waals surface area contributed by atoms with Gasteiger partial charge in [0, 0.05) is 20.2 Å². The minimum absolute atomic E-state index is 0.677. The molecule has 2 nitrogen and oxygen atoms in total. The second kappa shape index (κ2) is 6.91. The van der Waals surface area contributed by atoms with E-state index < -0.39 is 0 Å². The molecule has 0 spiro atoms. The van der Waals surface area contributed by atoms with E-state index >= 15 is 0 Å². The lowest BCUT2D eigenvalue weighted by molar-refractivity contribution is 0.194. The zero-order chi connectivity index (χ0) is 12.8. The predicted octanol–water partition coefficient (Wildman–Crippen LogP) is 3.11. The van der Waals surface area contributed by atoms with Crippen LogP contribution in [0.3, 0.4) is 0 Å². The molecule has 0 aliphatic heterocycles. The first kappa shape index (κ1) is 13.6. The van der Waals surface area contributed by atoms with Crippen molar-refractivity contribution in [2.45, 2.75) is 32.1 Å². The molecule has 0 heterocycles. The lowest BCUT2D eigenvalue weighted by Gasteiger charge is -2.34. The Labute approximate surface area is 111 Å². The third-order valence-corrected chi connectivity index (χ3v) is 4.07. The van der Waals surface area contributed by atoms with Gasteiger partial charge in [-0.1, -0.05) is 36.2 Å². The summed E-state index contributed by atoms with van der Waals surface area (Å²) in [5.74, 6) is 1.55. The van der Waals surface area contributed by atoms with E-state index in [-0.39, 0.29) is 0 Å². The molecule has 1 aliphatic carbocycles. The fraction of sp³-hybridized carbons (Fsp3) is 0.625. The number of aryl methyl sites for hydroxylation is 1. The highest BCUT2D eigenvalue weighted by Gasteiger charge is 2.27. The van der Waals surface area contributed by atoms with Gasteiger partial charge in [-0.05, 0) is 37.2 Å². The van der Waals surface area contributed by atoms with E-state index in [4.69, 9.17) is 4.74 Å². The lowest BCUT2D eigenvalue weighted by Crippen LogP contribution is -2.31. The van der Waals surface area contributed by atoms with Gasteiger partial charge in [0.1, 0.15) is 0 Å². The highest BCUT2D eigenvalue weighted by atomic mass is 16.5. The molecule has 0 radical (unpaired) electrons. The number of ether oxygens (including phenoxy) is 1. The van der Waals surface area contributed by atoms with Crippen molar-refractivity contribution >= 4 is 0 Å². The minimum Gasteiger partial charge on any atom is -0.383 e. The number of hydrogen-bond donors (Lipinski definition) is 1. The first-order chi connectivity index (χ1) is 8.81. The number of benzene rings is 1. The smallest absolute Gasteiger partial charge is 0.0587 e. The zero-order valence-electron chi connectivity index (χ0n) is 11.6. The molecule has 2 rings (SSSR count). The average molecular weight is 247 g/mol. The molecule has 1 saturated carbocycles.